The Morgan fingerprint density at radius 1 is 1.67 bits per heavy atom. The molecule has 0 aromatic carbocycles. The van der Waals surface area contributed by atoms with E-state index in [4.69, 9.17) is 16.7 Å². The van der Waals surface area contributed by atoms with E-state index in [0.717, 1.165) is 12.8 Å². The van der Waals surface area contributed by atoms with Crippen molar-refractivity contribution >= 4 is 11.6 Å². The van der Waals surface area contributed by atoms with Crippen molar-refractivity contribution < 1.29 is 5.11 Å². The van der Waals surface area contributed by atoms with Gasteiger partial charge in [0.1, 0.15) is 6.10 Å². The van der Waals surface area contributed by atoms with Gasteiger partial charge in [-0.25, -0.2) is 0 Å². The Morgan fingerprint density at radius 3 is 2.78 bits per heavy atom. The fraction of sp³-hybridized carbons (Fsp3) is 0.714. The van der Waals surface area contributed by atoms with Crippen molar-refractivity contribution in [3.8, 4) is 11.8 Å². The minimum absolute atomic E-state index is 0.205. The van der Waals surface area contributed by atoms with Crippen LogP contribution in [0.2, 0.25) is 0 Å². The molecule has 0 spiro atoms. The summed E-state index contributed by atoms with van der Waals surface area (Å²) in [5, 5.41) is 8.78. The first kappa shape index (κ1) is 8.81. The van der Waals surface area contributed by atoms with Crippen LogP contribution in [0.3, 0.4) is 0 Å². The van der Waals surface area contributed by atoms with Gasteiger partial charge >= 0.3 is 0 Å². The summed E-state index contributed by atoms with van der Waals surface area (Å²) in [5.74, 6) is 5.61. The number of unbranched alkanes of at least 4 members (excludes halogenated alkanes) is 1. The van der Waals surface area contributed by atoms with Gasteiger partial charge in [-0.2, -0.15) is 0 Å². The van der Waals surface area contributed by atoms with Gasteiger partial charge in [-0.15, -0.1) is 17.5 Å². The molecule has 0 rings (SSSR count). The number of rotatable bonds is 2. The molecule has 0 radical (unpaired) electrons. The van der Waals surface area contributed by atoms with Crippen molar-refractivity contribution in [1.82, 2.24) is 0 Å². The highest BCUT2D eigenvalue weighted by Crippen LogP contribution is 1.86. The molecule has 1 nitrogen and oxygen atoms in total. The Labute approximate surface area is 61.0 Å². The highest BCUT2D eigenvalue weighted by Gasteiger charge is 1.90. The predicted molar refractivity (Wildman–Crippen MR) is 39.4 cm³/mol. The van der Waals surface area contributed by atoms with Gasteiger partial charge in [-0.05, 0) is 6.42 Å². The zero-order chi connectivity index (χ0) is 7.11. The van der Waals surface area contributed by atoms with Crippen molar-refractivity contribution in [1.29, 1.82) is 0 Å². The second-order valence-corrected chi connectivity index (χ2v) is 2.05. The van der Waals surface area contributed by atoms with Crippen LogP contribution in [0.25, 0.3) is 0 Å². The molecule has 0 saturated carbocycles. The standard InChI is InChI=1S/C7H11ClO/c1-2-3-4-5-7(9)6-8/h7,9H,2-3,6H2,1H3. The first-order chi connectivity index (χ1) is 4.31. The molecule has 0 aliphatic carbocycles. The number of hydrogen-bond acceptors (Lipinski definition) is 1. The van der Waals surface area contributed by atoms with Crippen molar-refractivity contribution in [2.24, 2.45) is 0 Å². The van der Waals surface area contributed by atoms with E-state index in [2.05, 4.69) is 11.8 Å². The summed E-state index contributed by atoms with van der Waals surface area (Å²) in [6, 6.07) is 0. The zero-order valence-corrected chi connectivity index (χ0v) is 6.28. The van der Waals surface area contributed by atoms with Crippen LogP contribution in [0.15, 0.2) is 0 Å². The van der Waals surface area contributed by atoms with E-state index < -0.39 is 6.10 Å². The molecule has 0 bridgehead atoms. The van der Waals surface area contributed by atoms with Gasteiger partial charge in [0.25, 0.3) is 0 Å². The number of halogens is 1. The van der Waals surface area contributed by atoms with Crippen LogP contribution >= 0.6 is 11.6 Å². The van der Waals surface area contributed by atoms with Crippen molar-refractivity contribution in [2.45, 2.75) is 25.9 Å². The van der Waals surface area contributed by atoms with E-state index in [9.17, 15) is 0 Å². The minimum atomic E-state index is -0.641. The molecule has 1 unspecified atom stereocenters. The largest absolute Gasteiger partial charge is 0.379 e. The van der Waals surface area contributed by atoms with Gasteiger partial charge in [0.15, 0.2) is 0 Å². The average molecular weight is 147 g/mol. The molecule has 0 aromatic rings. The Hall–Kier alpha value is -0.190. The maximum absolute atomic E-state index is 8.78. The van der Waals surface area contributed by atoms with E-state index in [1.807, 2.05) is 6.92 Å². The van der Waals surface area contributed by atoms with Crippen molar-refractivity contribution in [3.05, 3.63) is 0 Å². The number of aliphatic hydroxyl groups is 1. The van der Waals surface area contributed by atoms with Gasteiger partial charge in [0, 0.05) is 6.42 Å². The summed E-state index contributed by atoms with van der Waals surface area (Å²) in [6.45, 7) is 2.04. The van der Waals surface area contributed by atoms with Crippen LogP contribution in [0.4, 0.5) is 0 Å². The number of hydrogen-bond donors (Lipinski definition) is 1. The second kappa shape index (κ2) is 5.94. The molecule has 0 fully saturated rings. The third kappa shape index (κ3) is 5.68. The minimum Gasteiger partial charge on any atom is -0.379 e. The Bertz CT molecular complexity index is 112. The average Bonchev–Trinajstić information content (AvgIpc) is 1.89. The molecule has 2 heteroatoms. The van der Waals surface area contributed by atoms with Gasteiger partial charge < -0.3 is 5.11 Å². The molecular weight excluding hydrogens is 136 g/mol. The fourth-order valence-corrected chi connectivity index (χ4v) is 0.431. The lowest BCUT2D eigenvalue weighted by Gasteiger charge is -1.91. The third-order valence-electron chi connectivity index (χ3n) is 0.790. The van der Waals surface area contributed by atoms with E-state index in [-0.39, 0.29) is 5.88 Å². The normalized spacial score (nSPS) is 11.9. The lowest BCUT2D eigenvalue weighted by molar-refractivity contribution is 0.256. The van der Waals surface area contributed by atoms with E-state index in [0.29, 0.717) is 0 Å². The van der Waals surface area contributed by atoms with E-state index >= 15 is 0 Å². The smallest absolute Gasteiger partial charge is 0.128 e. The van der Waals surface area contributed by atoms with E-state index in [1.165, 1.54) is 0 Å². The Balaban J connectivity index is 3.33. The molecule has 0 aromatic heterocycles. The predicted octanol–water partition coefficient (Wildman–Crippen LogP) is 1.39. The monoisotopic (exact) mass is 146 g/mol. The van der Waals surface area contributed by atoms with Gasteiger partial charge in [0.05, 0.1) is 5.88 Å². The number of alkyl halides is 1. The van der Waals surface area contributed by atoms with Crippen LogP contribution in [-0.4, -0.2) is 17.1 Å². The topological polar surface area (TPSA) is 20.2 Å². The molecule has 9 heavy (non-hydrogen) atoms. The van der Waals surface area contributed by atoms with Crippen LogP contribution in [0.5, 0.6) is 0 Å². The first-order valence-electron chi connectivity index (χ1n) is 3.03. The maximum Gasteiger partial charge on any atom is 0.128 e. The van der Waals surface area contributed by atoms with E-state index in [1.54, 1.807) is 0 Å². The highest BCUT2D eigenvalue weighted by atomic mass is 35.5. The lowest BCUT2D eigenvalue weighted by Crippen LogP contribution is -2.03. The molecule has 1 N–H and O–H groups in total. The van der Waals surface area contributed by atoms with Crippen LogP contribution < -0.4 is 0 Å². The SMILES string of the molecule is CCCC#CC(O)CCl. The summed E-state index contributed by atoms with van der Waals surface area (Å²) in [7, 11) is 0. The second-order valence-electron chi connectivity index (χ2n) is 1.74. The lowest BCUT2D eigenvalue weighted by atomic mass is 10.3. The summed E-state index contributed by atoms with van der Waals surface area (Å²) >= 11 is 5.28. The Kier molecular flexibility index (Phi) is 5.81. The highest BCUT2D eigenvalue weighted by molar-refractivity contribution is 6.18. The molecule has 0 amide bonds. The summed E-state index contributed by atoms with van der Waals surface area (Å²) in [5.41, 5.74) is 0. The van der Waals surface area contributed by atoms with Gasteiger partial charge in [-0.1, -0.05) is 12.8 Å². The molecule has 0 aliphatic rings. The summed E-state index contributed by atoms with van der Waals surface area (Å²) in [6.07, 6.45) is 1.23. The van der Waals surface area contributed by atoms with Crippen LogP contribution in [0, 0.1) is 11.8 Å². The number of aliphatic hydroxyl groups excluding tert-OH is 1. The summed E-state index contributed by atoms with van der Waals surface area (Å²) in [4.78, 5) is 0. The van der Waals surface area contributed by atoms with Gasteiger partial charge in [-0.3, -0.25) is 0 Å². The Morgan fingerprint density at radius 2 is 2.33 bits per heavy atom. The molecular formula is C7H11ClO. The van der Waals surface area contributed by atoms with Crippen LogP contribution in [-0.2, 0) is 0 Å². The summed E-state index contributed by atoms with van der Waals surface area (Å²) < 4.78 is 0. The fourth-order valence-electron chi connectivity index (χ4n) is 0.354. The van der Waals surface area contributed by atoms with Gasteiger partial charge in [0.2, 0.25) is 0 Å². The first-order valence-corrected chi connectivity index (χ1v) is 3.57. The molecule has 52 valence electrons. The maximum atomic E-state index is 8.78. The quantitative estimate of drug-likeness (QED) is 0.461. The van der Waals surface area contributed by atoms with Crippen LogP contribution in [0.1, 0.15) is 19.8 Å². The van der Waals surface area contributed by atoms with Crippen molar-refractivity contribution in [3.63, 3.8) is 0 Å². The molecule has 0 heterocycles. The molecule has 1 atom stereocenters. The van der Waals surface area contributed by atoms with Crippen molar-refractivity contribution in [2.75, 3.05) is 5.88 Å². The molecule has 0 saturated heterocycles. The molecule has 0 aliphatic heterocycles. The zero-order valence-electron chi connectivity index (χ0n) is 5.52. The third-order valence-corrected chi connectivity index (χ3v) is 1.08.